The van der Waals surface area contributed by atoms with Gasteiger partial charge in [0.15, 0.2) is 0 Å². The Balaban J connectivity index is 2.25. The molecule has 0 saturated heterocycles. The van der Waals surface area contributed by atoms with E-state index < -0.39 is 0 Å². The molecule has 0 fully saturated rings. The standard InChI is InChI=1S/C12H6BrCl2IN2O/c13-9-4-7(5-17-11(9)15)18-12(19)8-3-6(14)1-2-10(8)16/h1-5H,(H,18,19). The number of nitrogens with zero attached hydrogens (tertiary/aromatic N) is 1. The van der Waals surface area contributed by atoms with Gasteiger partial charge in [0.1, 0.15) is 5.15 Å². The summed E-state index contributed by atoms with van der Waals surface area (Å²) in [7, 11) is 0. The van der Waals surface area contributed by atoms with Gasteiger partial charge in [-0.2, -0.15) is 0 Å². The molecule has 1 heterocycles. The number of carbonyl (C=O) groups excluding carboxylic acids is 1. The summed E-state index contributed by atoms with van der Waals surface area (Å²) < 4.78 is 1.44. The van der Waals surface area contributed by atoms with Crippen molar-refractivity contribution < 1.29 is 4.79 Å². The number of aromatic nitrogens is 1. The second-order valence-electron chi connectivity index (χ2n) is 3.57. The fraction of sp³-hybridized carbons (Fsp3) is 0. The number of amides is 1. The molecule has 1 aromatic carbocycles. The molecule has 2 rings (SSSR count). The Morgan fingerprint density at radius 1 is 1.32 bits per heavy atom. The smallest absolute Gasteiger partial charge is 0.256 e. The molecule has 19 heavy (non-hydrogen) atoms. The van der Waals surface area contributed by atoms with E-state index in [1.807, 2.05) is 0 Å². The Kier molecular flexibility index (Phi) is 5.05. The van der Waals surface area contributed by atoms with Crippen LogP contribution in [0.4, 0.5) is 5.69 Å². The summed E-state index contributed by atoms with van der Waals surface area (Å²) in [6.07, 6.45) is 1.49. The number of rotatable bonds is 2. The predicted octanol–water partition coefficient (Wildman–Crippen LogP) is 5.01. The molecule has 0 aliphatic rings. The monoisotopic (exact) mass is 470 g/mol. The van der Waals surface area contributed by atoms with Crippen LogP contribution >= 0.6 is 61.7 Å². The fourth-order valence-corrected chi connectivity index (χ4v) is 2.56. The van der Waals surface area contributed by atoms with Crippen molar-refractivity contribution in [1.82, 2.24) is 4.98 Å². The summed E-state index contributed by atoms with van der Waals surface area (Å²) in [5.41, 5.74) is 1.07. The van der Waals surface area contributed by atoms with Gasteiger partial charge < -0.3 is 5.32 Å². The van der Waals surface area contributed by atoms with E-state index in [9.17, 15) is 4.79 Å². The number of carbonyl (C=O) groups is 1. The SMILES string of the molecule is O=C(Nc1cnc(Cl)c(Br)c1)c1cc(Cl)ccc1I. The van der Waals surface area contributed by atoms with Gasteiger partial charge in [-0.15, -0.1) is 0 Å². The van der Waals surface area contributed by atoms with Crippen molar-refractivity contribution in [2.24, 2.45) is 0 Å². The topological polar surface area (TPSA) is 42.0 Å². The van der Waals surface area contributed by atoms with Gasteiger partial charge in [-0.1, -0.05) is 23.2 Å². The number of nitrogens with one attached hydrogen (secondary N) is 1. The second kappa shape index (κ2) is 6.39. The molecule has 0 unspecified atom stereocenters. The highest BCUT2D eigenvalue weighted by Gasteiger charge is 2.11. The molecule has 0 spiro atoms. The van der Waals surface area contributed by atoms with E-state index in [2.05, 4.69) is 48.8 Å². The van der Waals surface area contributed by atoms with Crippen molar-refractivity contribution in [3.05, 3.63) is 54.2 Å². The van der Waals surface area contributed by atoms with Crippen molar-refractivity contribution in [2.75, 3.05) is 5.32 Å². The van der Waals surface area contributed by atoms with E-state index in [-0.39, 0.29) is 5.91 Å². The molecule has 0 radical (unpaired) electrons. The van der Waals surface area contributed by atoms with Crippen LogP contribution in [0.15, 0.2) is 34.9 Å². The lowest BCUT2D eigenvalue weighted by Crippen LogP contribution is -2.13. The highest BCUT2D eigenvalue weighted by molar-refractivity contribution is 14.1. The first kappa shape index (κ1) is 15.0. The van der Waals surface area contributed by atoms with Gasteiger partial charge in [-0.25, -0.2) is 4.98 Å². The first-order chi connectivity index (χ1) is 8.97. The van der Waals surface area contributed by atoms with Crippen LogP contribution in [0.1, 0.15) is 10.4 Å². The third kappa shape index (κ3) is 3.81. The van der Waals surface area contributed by atoms with Crippen LogP contribution in [-0.2, 0) is 0 Å². The van der Waals surface area contributed by atoms with Crippen LogP contribution < -0.4 is 5.32 Å². The second-order valence-corrected chi connectivity index (χ2v) is 6.39. The minimum atomic E-state index is -0.247. The van der Waals surface area contributed by atoms with E-state index in [4.69, 9.17) is 23.2 Å². The van der Waals surface area contributed by atoms with Gasteiger partial charge in [-0.05, 0) is 62.8 Å². The van der Waals surface area contributed by atoms with E-state index in [0.29, 0.717) is 25.9 Å². The van der Waals surface area contributed by atoms with Crippen LogP contribution in [0.25, 0.3) is 0 Å². The highest BCUT2D eigenvalue weighted by Crippen LogP contribution is 2.24. The third-order valence-electron chi connectivity index (χ3n) is 2.23. The lowest BCUT2D eigenvalue weighted by atomic mass is 10.2. The number of hydrogen-bond acceptors (Lipinski definition) is 2. The van der Waals surface area contributed by atoms with E-state index in [1.165, 1.54) is 6.20 Å². The normalized spacial score (nSPS) is 10.3. The molecule has 1 aromatic heterocycles. The molecule has 0 bridgehead atoms. The lowest BCUT2D eigenvalue weighted by Gasteiger charge is -2.07. The summed E-state index contributed by atoms with van der Waals surface area (Å²) in [6, 6.07) is 6.83. The fourth-order valence-electron chi connectivity index (χ4n) is 1.36. The van der Waals surface area contributed by atoms with E-state index >= 15 is 0 Å². The summed E-state index contributed by atoms with van der Waals surface area (Å²) in [5, 5.41) is 3.60. The molecule has 98 valence electrons. The maximum absolute atomic E-state index is 12.1. The maximum Gasteiger partial charge on any atom is 0.256 e. The van der Waals surface area contributed by atoms with Gasteiger partial charge in [0.2, 0.25) is 0 Å². The first-order valence-electron chi connectivity index (χ1n) is 5.05. The summed E-state index contributed by atoms with van der Waals surface area (Å²) in [4.78, 5) is 16.1. The minimum Gasteiger partial charge on any atom is -0.321 e. The third-order valence-corrected chi connectivity index (χ3v) is 4.54. The summed E-state index contributed by atoms with van der Waals surface area (Å²) >= 11 is 17.0. The molecule has 1 N–H and O–H groups in total. The molecule has 0 aliphatic carbocycles. The zero-order valence-electron chi connectivity index (χ0n) is 9.25. The maximum atomic E-state index is 12.1. The average Bonchev–Trinajstić information content (AvgIpc) is 2.36. The highest BCUT2D eigenvalue weighted by atomic mass is 127. The van der Waals surface area contributed by atoms with Crippen LogP contribution in [0.3, 0.4) is 0 Å². The molecule has 0 atom stereocenters. The molecule has 1 amide bonds. The molecule has 3 nitrogen and oxygen atoms in total. The van der Waals surface area contributed by atoms with Gasteiger partial charge >= 0.3 is 0 Å². The van der Waals surface area contributed by atoms with Crippen LogP contribution in [0, 0.1) is 3.57 Å². The average molecular weight is 472 g/mol. The largest absolute Gasteiger partial charge is 0.321 e. The minimum absolute atomic E-state index is 0.247. The van der Waals surface area contributed by atoms with E-state index in [1.54, 1.807) is 24.3 Å². The Labute approximate surface area is 142 Å². The number of pyridine rings is 1. The Bertz CT molecular complexity index is 652. The Morgan fingerprint density at radius 3 is 2.74 bits per heavy atom. The molecule has 7 heteroatoms. The molecule has 2 aromatic rings. The first-order valence-corrected chi connectivity index (χ1v) is 7.67. The van der Waals surface area contributed by atoms with Crippen molar-refractivity contribution in [1.29, 1.82) is 0 Å². The number of hydrogen-bond donors (Lipinski definition) is 1. The zero-order valence-corrected chi connectivity index (χ0v) is 14.5. The van der Waals surface area contributed by atoms with Crippen LogP contribution in [0.5, 0.6) is 0 Å². The van der Waals surface area contributed by atoms with Gasteiger partial charge in [0.05, 0.1) is 21.9 Å². The van der Waals surface area contributed by atoms with Crippen molar-refractivity contribution in [3.8, 4) is 0 Å². The number of halogens is 4. The van der Waals surface area contributed by atoms with Gasteiger partial charge in [0, 0.05) is 8.59 Å². The molecular formula is C12H6BrCl2IN2O. The van der Waals surface area contributed by atoms with Gasteiger partial charge in [-0.3, -0.25) is 4.79 Å². The van der Waals surface area contributed by atoms with Crippen molar-refractivity contribution in [3.63, 3.8) is 0 Å². The molecule has 0 aliphatic heterocycles. The van der Waals surface area contributed by atoms with Crippen molar-refractivity contribution in [2.45, 2.75) is 0 Å². The van der Waals surface area contributed by atoms with Gasteiger partial charge in [0.25, 0.3) is 5.91 Å². The Morgan fingerprint density at radius 2 is 2.05 bits per heavy atom. The summed E-state index contributed by atoms with van der Waals surface area (Å²) in [6.45, 7) is 0. The van der Waals surface area contributed by atoms with Crippen LogP contribution in [-0.4, -0.2) is 10.9 Å². The number of benzene rings is 1. The lowest BCUT2D eigenvalue weighted by molar-refractivity contribution is 0.102. The summed E-state index contributed by atoms with van der Waals surface area (Å²) in [5.74, 6) is -0.247. The van der Waals surface area contributed by atoms with Crippen molar-refractivity contribution >= 4 is 73.3 Å². The van der Waals surface area contributed by atoms with Crippen LogP contribution in [0.2, 0.25) is 10.2 Å². The molecule has 0 saturated carbocycles. The number of anilines is 1. The molecular weight excluding hydrogens is 466 g/mol. The van der Waals surface area contributed by atoms with E-state index in [0.717, 1.165) is 3.57 Å². The Hall–Kier alpha value is -0.370. The zero-order chi connectivity index (χ0) is 14.0. The quantitative estimate of drug-likeness (QED) is 0.494. The predicted molar refractivity (Wildman–Crippen MR) is 89.1 cm³/mol.